The number of hydrogen-bond donors (Lipinski definition) is 2. The van der Waals surface area contributed by atoms with Crippen LogP contribution in [0.4, 0.5) is 13.6 Å². The maximum absolute atomic E-state index is 13.2. The lowest BCUT2D eigenvalue weighted by Gasteiger charge is -2.19. The summed E-state index contributed by atoms with van der Waals surface area (Å²) in [5, 5.41) is 0. The molecule has 1 aromatic rings. The van der Waals surface area contributed by atoms with Crippen molar-refractivity contribution in [1.29, 1.82) is 0 Å². The van der Waals surface area contributed by atoms with Crippen molar-refractivity contribution in [3.8, 4) is 0 Å². The fraction of sp³-hybridized carbons (Fsp3) is 0.417. The number of benzene rings is 1. The lowest BCUT2D eigenvalue weighted by molar-refractivity contribution is 0.0496. The van der Waals surface area contributed by atoms with E-state index in [-0.39, 0.29) is 12.1 Å². The summed E-state index contributed by atoms with van der Waals surface area (Å²) >= 11 is 0. The molecular weight excluding hydrogens is 242 g/mol. The summed E-state index contributed by atoms with van der Waals surface area (Å²) in [5.41, 5.74) is 4.20. The minimum atomic E-state index is -0.681. The lowest BCUT2D eigenvalue weighted by atomic mass is 10.2. The van der Waals surface area contributed by atoms with Crippen LogP contribution in [0.5, 0.6) is 0 Å². The molecule has 0 spiro atoms. The van der Waals surface area contributed by atoms with Crippen LogP contribution in [0.3, 0.4) is 0 Å². The van der Waals surface area contributed by atoms with Gasteiger partial charge in [0.05, 0.1) is 0 Å². The van der Waals surface area contributed by atoms with E-state index in [9.17, 15) is 13.6 Å². The van der Waals surface area contributed by atoms with E-state index in [4.69, 9.17) is 4.74 Å². The largest absolute Gasteiger partial charge is 0.443 e. The quantitative estimate of drug-likeness (QED) is 0.819. The third-order valence-corrected chi connectivity index (χ3v) is 1.88. The number of amides is 1. The number of ether oxygens (including phenoxy) is 1. The maximum atomic E-state index is 13.2. The second kappa shape index (κ2) is 5.77. The Hall–Kier alpha value is -1.69. The zero-order valence-corrected chi connectivity index (χ0v) is 10.5. The number of carbonyl (C=O) groups excluding carboxylic acids is 1. The number of nitrogens with one attached hydrogen (secondary N) is 2. The Kier molecular flexibility index (Phi) is 4.61. The summed E-state index contributed by atoms with van der Waals surface area (Å²) in [4.78, 5) is 11.2. The third kappa shape index (κ3) is 5.09. The van der Waals surface area contributed by atoms with E-state index in [0.29, 0.717) is 0 Å². The summed E-state index contributed by atoms with van der Waals surface area (Å²) in [6, 6.07) is 3.11. The SMILES string of the molecule is CC(C)(C)OC(=O)NNCc1cc(F)ccc1F. The Labute approximate surface area is 104 Å². The average molecular weight is 258 g/mol. The number of rotatable bonds is 3. The van der Waals surface area contributed by atoms with Crippen molar-refractivity contribution in [2.45, 2.75) is 32.9 Å². The molecule has 0 saturated heterocycles. The van der Waals surface area contributed by atoms with E-state index in [2.05, 4.69) is 10.9 Å². The van der Waals surface area contributed by atoms with E-state index in [0.717, 1.165) is 18.2 Å². The van der Waals surface area contributed by atoms with Gasteiger partial charge in [-0.15, -0.1) is 0 Å². The molecule has 1 rings (SSSR count). The predicted molar refractivity (Wildman–Crippen MR) is 62.6 cm³/mol. The Morgan fingerprint density at radius 1 is 1.33 bits per heavy atom. The van der Waals surface area contributed by atoms with Crippen molar-refractivity contribution < 1.29 is 18.3 Å². The Balaban J connectivity index is 2.42. The molecule has 0 fully saturated rings. The first-order valence-electron chi connectivity index (χ1n) is 5.44. The van der Waals surface area contributed by atoms with Gasteiger partial charge in [0, 0.05) is 12.1 Å². The molecule has 4 nitrogen and oxygen atoms in total. The van der Waals surface area contributed by atoms with Crippen molar-refractivity contribution in [1.82, 2.24) is 10.9 Å². The fourth-order valence-corrected chi connectivity index (χ4v) is 1.19. The van der Waals surface area contributed by atoms with E-state index in [1.54, 1.807) is 20.8 Å². The summed E-state index contributed by atoms with van der Waals surface area (Å²) in [6.07, 6.45) is -0.681. The molecule has 1 amide bonds. The highest BCUT2D eigenvalue weighted by Crippen LogP contribution is 2.09. The smallest absolute Gasteiger partial charge is 0.422 e. The Morgan fingerprint density at radius 3 is 2.61 bits per heavy atom. The van der Waals surface area contributed by atoms with E-state index in [1.807, 2.05) is 0 Å². The summed E-state index contributed by atoms with van der Waals surface area (Å²) in [6.45, 7) is 5.12. The molecule has 0 unspecified atom stereocenters. The molecule has 0 aliphatic heterocycles. The van der Waals surface area contributed by atoms with Crippen LogP contribution in [-0.2, 0) is 11.3 Å². The number of hydrogen-bond acceptors (Lipinski definition) is 3. The van der Waals surface area contributed by atoms with Crippen LogP contribution in [0.2, 0.25) is 0 Å². The monoisotopic (exact) mass is 258 g/mol. The maximum Gasteiger partial charge on any atom is 0.422 e. The van der Waals surface area contributed by atoms with Gasteiger partial charge in [-0.25, -0.2) is 19.0 Å². The van der Waals surface area contributed by atoms with Crippen LogP contribution < -0.4 is 10.9 Å². The van der Waals surface area contributed by atoms with Crippen LogP contribution in [0.25, 0.3) is 0 Å². The van der Waals surface area contributed by atoms with Crippen LogP contribution in [0.1, 0.15) is 26.3 Å². The molecule has 0 saturated carbocycles. The molecule has 0 radical (unpaired) electrons. The first-order chi connectivity index (χ1) is 8.28. The minimum Gasteiger partial charge on any atom is -0.443 e. The zero-order valence-electron chi connectivity index (χ0n) is 10.5. The second-order valence-corrected chi connectivity index (χ2v) is 4.72. The normalized spacial score (nSPS) is 11.2. The Morgan fingerprint density at radius 2 is 2.00 bits per heavy atom. The van der Waals surface area contributed by atoms with Crippen LogP contribution >= 0.6 is 0 Å². The molecular formula is C12H16F2N2O2. The summed E-state index contributed by atoms with van der Waals surface area (Å²) < 4.78 is 31.0. The molecule has 18 heavy (non-hydrogen) atoms. The van der Waals surface area contributed by atoms with Crippen LogP contribution in [-0.4, -0.2) is 11.7 Å². The molecule has 6 heteroatoms. The van der Waals surface area contributed by atoms with Crippen molar-refractivity contribution in [3.63, 3.8) is 0 Å². The van der Waals surface area contributed by atoms with E-state index in [1.165, 1.54) is 0 Å². The molecule has 0 aliphatic rings. The van der Waals surface area contributed by atoms with E-state index >= 15 is 0 Å². The molecule has 0 aromatic heterocycles. The molecule has 0 heterocycles. The van der Waals surface area contributed by atoms with Gasteiger partial charge in [-0.2, -0.15) is 0 Å². The van der Waals surface area contributed by atoms with Crippen molar-refractivity contribution in [2.24, 2.45) is 0 Å². The molecule has 2 N–H and O–H groups in total. The van der Waals surface area contributed by atoms with Gasteiger partial charge in [-0.05, 0) is 39.0 Å². The third-order valence-electron chi connectivity index (χ3n) is 1.88. The van der Waals surface area contributed by atoms with Crippen molar-refractivity contribution >= 4 is 6.09 Å². The highest BCUT2D eigenvalue weighted by molar-refractivity contribution is 5.66. The van der Waals surface area contributed by atoms with E-state index < -0.39 is 23.3 Å². The number of hydrazine groups is 1. The highest BCUT2D eigenvalue weighted by atomic mass is 19.1. The van der Waals surface area contributed by atoms with Gasteiger partial charge in [0.1, 0.15) is 17.2 Å². The molecule has 1 aromatic carbocycles. The summed E-state index contributed by atoms with van der Waals surface area (Å²) in [5.74, 6) is -1.08. The lowest BCUT2D eigenvalue weighted by Crippen LogP contribution is -2.40. The summed E-state index contributed by atoms with van der Waals surface area (Å²) in [7, 11) is 0. The van der Waals surface area contributed by atoms with Gasteiger partial charge in [0.25, 0.3) is 0 Å². The average Bonchev–Trinajstić information content (AvgIpc) is 2.20. The predicted octanol–water partition coefficient (Wildman–Crippen LogP) is 2.49. The molecule has 0 atom stereocenters. The minimum absolute atomic E-state index is 0.0389. The van der Waals surface area contributed by atoms with Gasteiger partial charge >= 0.3 is 6.09 Å². The fourth-order valence-electron chi connectivity index (χ4n) is 1.19. The van der Waals surface area contributed by atoms with Gasteiger partial charge in [0.2, 0.25) is 0 Å². The first kappa shape index (κ1) is 14.4. The van der Waals surface area contributed by atoms with Crippen LogP contribution in [0.15, 0.2) is 18.2 Å². The highest BCUT2D eigenvalue weighted by Gasteiger charge is 2.15. The molecule has 0 bridgehead atoms. The standard InChI is InChI=1S/C12H16F2N2O2/c1-12(2,3)18-11(17)16-15-7-8-6-9(13)4-5-10(8)14/h4-6,15H,7H2,1-3H3,(H,16,17). The Bertz CT molecular complexity index is 431. The van der Waals surface area contributed by atoms with Gasteiger partial charge in [0.15, 0.2) is 0 Å². The van der Waals surface area contributed by atoms with Gasteiger partial charge in [-0.1, -0.05) is 0 Å². The molecule has 100 valence electrons. The topological polar surface area (TPSA) is 50.4 Å². The second-order valence-electron chi connectivity index (χ2n) is 4.72. The van der Waals surface area contributed by atoms with Gasteiger partial charge < -0.3 is 4.74 Å². The van der Waals surface area contributed by atoms with Crippen LogP contribution in [0, 0.1) is 11.6 Å². The van der Waals surface area contributed by atoms with Gasteiger partial charge in [-0.3, -0.25) is 5.43 Å². The number of carbonyl (C=O) groups is 1. The van der Waals surface area contributed by atoms with Crippen molar-refractivity contribution in [3.05, 3.63) is 35.4 Å². The number of halogens is 2. The zero-order chi connectivity index (χ0) is 13.8. The van der Waals surface area contributed by atoms with Crippen molar-refractivity contribution in [2.75, 3.05) is 0 Å². The molecule has 0 aliphatic carbocycles. The first-order valence-corrected chi connectivity index (χ1v) is 5.44.